The van der Waals surface area contributed by atoms with E-state index in [9.17, 15) is 9.90 Å². The van der Waals surface area contributed by atoms with E-state index in [2.05, 4.69) is 20.8 Å². The minimum Gasteiger partial charge on any atom is -0.387 e. The lowest BCUT2D eigenvalue weighted by molar-refractivity contribution is 0.175. The number of benzene rings is 2. The number of hydrogen-bond donors (Lipinski definition) is 3. The second-order valence-electron chi connectivity index (χ2n) is 5.98. The van der Waals surface area contributed by atoms with Crippen LogP contribution in [0, 0.1) is 13.8 Å². The fraction of sp³-hybridized carbons (Fsp3) is 0.211. The Balaban J connectivity index is 1.57. The third-order valence-electron chi connectivity index (χ3n) is 3.82. The Bertz CT molecular complexity index is 890. The first-order valence-electron chi connectivity index (χ1n) is 8.21. The average Bonchev–Trinajstić information content (AvgIpc) is 3.07. The van der Waals surface area contributed by atoms with Crippen LogP contribution in [-0.4, -0.2) is 27.8 Å². The smallest absolute Gasteiger partial charge is 0.319 e. The molecule has 7 heteroatoms. The zero-order valence-corrected chi connectivity index (χ0v) is 14.6. The number of nitrogens with zero attached hydrogens (tertiary/aromatic N) is 2. The van der Waals surface area contributed by atoms with Crippen LogP contribution in [0.25, 0.3) is 11.4 Å². The maximum absolute atomic E-state index is 12.1. The predicted octanol–water partition coefficient (Wildman–Crippen LogP) is 3.21. The van der Waals surface area contributed by atoms with Gasteiger partial charge in [-0.05, 0) is 24.6 Å². The van der Waals surface area contributed by atoms with E-state index in [0.29, 0.717) is 17.4 Å². The molecule has 0 aliphatic carbocycles. The normalized spacial score (nSPS) is 11.8. The molecular weight excluding hydrogens is 332 g/mol. The Hall–Kier alpha value is -3.19. The monoisotopic (exact) mass is 352 g/mol. The molecule has 134 valence electrons. The molecule has 1 atom stereocenters. The van der Waals surface area contributed by atoms with Gasteiger partial charge in [0.25, 0.3) is 0 Å². The van der Waals surface area contributed by atoms with Gasteiger partial charge in [-0.2, -0.15) is 4.98 Å². The van der Waals surface area contributed by atoms with E-state index < -0.39 is 12.1 Å². The minimum absolute atomic E-state index is 0.110. The highest BCUT2D eigenvalue weighted by Crippen LogP contribution is 2.20. The van der Waals surface area contributed by atoms with Crippen LogP contribution < -0.4 is 10.6 Å². The molecule has 1 unspecified atom stereocenters. The Labute approximate surface area is 151 Å². The molecule has 3 rings (SSSR count). The number of hydrogen-bond acceptors (Lipinski definition) is 5. The van der Waals surface area contributed by atoms with Crippen LogP contribution in [0.4, 0.5) is 10.5 Å². The van der Waals surface area contributed by atoms with Gasteiger partial charge in [-0.1, -0.05) is 47.1 Å². The van der Waals surface area contributed by atoms with Gasteiger partial charge >= 0.3 is 6.03 Å². The van der Waals surface area contributed by atoms with Crippen molar-refractivity contribution in [1.29, 1.82) is 0 Å². The summed E-state index contributed by atoms with van der Waals surface area (Å²) in [7, 11) is 0. The summed E-state index contributed by atoms with van der Waals surface area (Å²) in [6.45, 7) is 3.80. The van der Waals surface area contributed by atoms with Crippen LogP contribution >= 0.6 is 0 Å². The summed E-state index contributed by atoms with van der Waals surface area (Å²) in [5.74, 6) is 0.933. The Morgan fingerprint density at radius 3 is 2.65 bits per heavy atom. The maximum atomic E-state index is 12.1. The third kappa shape index (κ3) is 4.46. The van der Waals surface area contributed by atoms with Crippen molar-refractivity contribution < 1.29 is 14.4 Å². The summed E-state index contributed by atoms with van der Waals surface area (Å²) < 4.78 is 4.97. The van der Waals surface area contributed by atoms with Crippen molar-refractivity contribution in [2.24, 2.45) is 0 Å². The molecule has 26 heavy (non-hydrogen) atoms. The van der Waals surface area contributed by atoms with E-state index in [1.807, 2.05) is 37.3 Å². The summed E-state index contributed by atoms with van der Waals surface area (Å²) in [6.07, 6.45) is -0.769. The first-order chi connectivity index (χ1) is 12.5. The van der Waals surface area contributed by atoms with Gasteiger partial charge in [0.2, 0.25) is 11.7 Å². The van der Waals surface area contributed by atoms with Gasteiger partial charge in [0.1, 0.15) is 0 Å². The van der Waals surface area contributed by atoms with E-state index in [0.717, 1.165) is 16.7 Å². The zero-order valence-electron chi connectivity index (χ0n) is 14.6. The largest absolute Gasteiger partial charge is 0.387 e. The van der Waals surface area contributed by atoms with Crippen molar-refractivity contribution in [3.05, 3.63) is 65.5 Å². The van der Waals surface area contributed by atoms with Gasteiger partial charge in [-0.15, -0.1) is 0 Å². The molecule has 0 spiro atoms. The van der Waals surface area contributed by atoms with Crippen molar-refractivity contribution in [2.45, 2.75) is 20.0 Å². The van der Waals surface area contributed by atoms with Gasteiger partial charge < -0.3 is 20.3 Å². The Morgan fingerprint density at radius 2 is 1.96 bits per heavy atom. The van der Waals surface area contributed by atoms with Gasteiger partial charge in [0.15, 0.2) is 0 Å². The number of rotatable bonds is 5. The van der Waals surface area contributed by atoms with Gasteiger partial charge in [-0.3, -0.25) is 0 Å². The molecule has 0 radical (unpaired) electrons. The lowest BCUT2D eigenvalue weighted by atomic mass is 10.1. The molecular formula is C19H20N4O3. The molecule has 0 aliphatic heterocycles. The first-order valence-corrected chi connectivity index (χ1v) is 8.21. The van der Waals surface area contributed by atoms with Crippen molar-refractivity contribution in [2.75, 3.05) is 11.9 Å². The molecule has 0 saturated carbocycles. The van der Waals surface area contributed by atoms with E-state index in [1.54, 1.807) is 25.1 Å². The molecule has 1 heterocycles. The second-order valence-corrected chi connectivity index (χ2v) is 5.98. The van der Waals surface area contributed by atoms with Crippen LogP contribution in [-0.2, 0) is 0 Å². The highest BCUT2D eigenvalue weighted by molar-refractivity contribution is 5.89. The van der Waals surface area contributed by atoms with Crippen LogP contribution in [0.5, 0.6) is 0 Å². The average molecular weight is 352 g/mol. The summed E-state index contributed by atoms with van der Waals surface area (Å²) >= 11 is 0. The number of carbonyl (C=O) groups excluding carboxylic acids is 1. The summed E-state index contributed by atoms with van der Waals surface area (Å²) in [4.78, 5) is 16.2. The summed E-state index contributed by atoms with van der Waals surface area (Å²) in [5, 5.41) is 19.4. The summed E-state index contributed by atoms with van der Waals surface area (Å²) in [5.41, 5.74) is 3.19. The van der Waals surface area contributed by atoms with Crippen LogP contribution in [0.1, 0.15) is 23.1 Å². The number of aliphatic hydroxyl groups is 1. The number of nitrogens with one attached hydrogen (secondary N) is 2. The first kappa shape index (κ1) is 17.6. The number of aromatic nitrogens is 2. The molecule has 1 aromatic heterocycles. The number of carbonyl (C=O) groups is 1. The Kier molecular flexibility index (Phi) is 5.28. The number of aryl methyl sites for hydroxylation is 2. The van der Waals surface area contributed by atoms with E-state index in [1.165, 1.54) is 0 Å². The number of aliphatic hydroxyl groups excluding tert-OH is 1. The van der Waals surface area contributed by atoms with Crippen LogP contribution in [0.2, 0.25) is 0 Å². The molecule has 2 aromatic carbocycles. The van der Waals surface area contributed by atoms with Crippen molar-refractivity contribution in [3.63, 3.8) is 0 Å². The highest BCUT2D eigenvalue weighted by atomic mass is 16.5. The number of amides is 2. The van der Waals surface area contributed by atoms with Crippen molar-refractivity contribution >= 4 is 11.7 Å². The fourth-order valence-corrected chi connectivity index (χ4v) is 2.42. The van der Waals surface area contributed by atoms with E-state index in [-0.39, 0.29) is 6.54 Å². The molecule has 3 aromatic rings. The fourth-order valence-electron chi connectivity index (χ4n) is 2.42. The van der Waals surface area contributed by atoms with Crippen LogP contribution in [0.15, 0.2) is 53.1 Å². The van der Waals surface area contributed by atoms with Crippen LogP contribution in [0.3, 0.4) is 0 Å². The standard InChI is InChI=1S/C19H20N4O3/c1-12-6-8-14(9-7-12)17(24)11-20-19(25)22-16-5-3-4-15(10-16)18-21-13(2)26-23-18/h3-10,17,24H,11H2,1-2H3,(H2,20,22,25). The van der Waals surface area contributed by atoms with E-state index in [4.69, 9.17) is 4.52 Å². The van der Waals surface area contributed by atoms with Crippen molar-refractivity contribution in [3.8, 4) is 11.4 Å². The lowest BCUT2D eigenvalue weighted by Gasteiger charge is -2.13. The van der Waals surface area contributed by atoms with E-state index >= 15 is 0 Å². The molecule has 3 N–H and O–H groups in total. The maximum Gasteiger partial charge on any atom is 0.319 e. The SMILES string of the molecule is Cc1ccc(C(O)CNC(=O)Nc2cccc(-c3noc(C)n3)c2)cc1. The molecule has 7 nitrogen and oxygen atoms in total. The predicted molar refractivity (Wildman–Crippen MR) is 97.6 cm³/mol. The topological polar surface area (TPSA) is 100 Å². The molecule has 0 bridgehead atoms. The Morgan fingerprint density at radius 1 is 1.19 bits per heavy atom. The second kappa shape index (κ2) is 7.79. The molecule has 0 saturated heterocycles. The van der Waals surface area contributed by atoms with Gasteiger partial charge in [0.05, 0.1) is 6.10 Å². The zero-order chi connectivity index (χ0) is 18.5. The quantitative estimate of drug-likeness (QED) is 0.655. The third-order valence-corrected chi connectivity index (χ3v) is 3.82. The highest BCUT2D eigenvalue weighted by Gasteiger charge is 2.11. The van der Waals surface area contributed by atoms with Gasteiger partial charge in [0, 0.05) is 24.7 Å². The molecule has 0 aliphatic rings. The van der Waals surface area contributed by atoms with Crippen molar-refractivity contribution in [1.82, 2.24) is 15.5 Å². The summed E-state index contributed by atoms with van der Waals surface area (Å²) in [6, 6.07) is 14.2. The number of urea groups is 1. The minimum atomic E-state index is -0.769. The lowest BCUT2D eigenvalue weighted by Crippen LogP contribution is -2.32. The van der Waals surface area contributed by atoms with Gasteiger partial charge in [-0.25, -0.2) is 4.79 Å². The molecule has 2 amide bonds. The molecule has 0 fully saturated rings. The number of anilines is 1.